The molecule has 0 saturated carbocycles. The number of benzene rings is 2. The van der Waals surface area contributed by atoms with E-state index in [1.807, 2.05) is 36.7 Å². The molecule has 0 spiro atoms. The Kier molecular flexibility index (Phi) is 5.91. The van der Waals surface area contributed by atoms with Crippen LogP contribution in [0.4, 0.5) is 11.8 Å². The van der Waals surface area contributed by atoms with Crippen LogP contribution in [0.25, 0.3) is 22.3 Å². The van der Waals surface area contributed by atoms with Crippen LogP contribution in [0, 0.1) is 0 Å². The van der Waals surface area contributed by atoms with Crippen molar-refractivity contribution >= 4 is 29.7 Å². The molecule has 4 rings (SSSR count). The number of nitrogens with two attached hydrogens (primary N) is 1. The molecule has 1 aromatic heterocycles. The fraction of sp³-hybridized carbons (Fsp3) is 0.227. The van der Waals surface area contributed by atoms with Gasteiger partial charge in [0.05, 0.1) is 12.9 Å². The standard InChI is InChI=1S/C22H23ClN6/c23-19-7-2-5-17(13-19)16-4-1-6-18(12-16)20-14-27-22(24)28-21(20)26-8-3-10-29-11-9-25-15-29/h1-2,4-7,12-15H,3,8-11H2,(H3,24,26,27,28). The maximum atomic E-state index is 6.16. The van der Waals surface area contributed by atoms with Gasteiger partial charge >= 0.3 is 0 Å². The van der Waals surface area contributed by atoms with E-state index in [4.69, 9.17) is 17.3 Å². The van der Waals surface area contributed by atoms with Gasteiger partial charge in [0.25, 0.3) is 0 Å². The van der Waals surface area contributed by atoms with E-state index < -0.39 is 0 Å². The lowest BCUT2D eigenvalue weighted by Crippen LogP contribution is -2.22. The smallest absolute Gasteiger partial charge is 0.221 e. The summed E-state index contributed by atoms with van der Waals surface area (Å²) in [4.78, 5) is 15.1. The third kappa shape index (κ3) is 4.84. The summed E-state index contributed by atoms with van der Waals surface area (Å²) in [6.45, 7) is 3.66. The van der Waals surface area contributed by atoms with Crippen LogP contribution in [-0.4, -0.2) is 47.4 Å². The molecule has 0 saturated heterocycles. The predicted octanol–water partition coefficient (Wildman–Crippen LogP) is 4.19. The van der Waals surface area contributed by atoms with Crippen LogP contribution < -0.4 is 11.1 Å². The van der Waals surface area contributed by atoms with Gasteiger partial charge in [-0.3, -0.25) is 4.99 Å². The van der Waals surface area contributed by atoms with Gasteiger partial charge < -0.3 is 16.0 Å². The van der Waals surface area contributed by atoms with E-state index in [0.29, 0.717) is 5.02 Å². The van der Waals surface area contributed by atoms with Crippen molar-refractivity contribution in [3.63, 3.8) is 0 Å². The van der Waals surface area contributed by atoms with Gasteiger partial charge in [-0.25, -0.2) is 4.98 Å². The zero-order valence-corrected chi connectivity index (χ0v) is 16.8. The molecule has 29 heavy (non-hydrogen) atoms. The van der Waals surface area contributed by atoms with Crippen LogP contribution in [0.15, 0.2) is 59.7 Å². The molecule has 3 aromatic rings. The Morgan fingerprint density at radius 1 is 1.07 bits per heavy atom. The van der Waals surface area contributed by atoms with Crippen molar-refractivity contribution in [2.45, 2.75) is 6.42 Å². The van der Waals surface area contributed by atoms with Crippen LogP contribution in [0.5, 0.6) is 0 Å². The van der Waals surface area contributed by atoms with E-state index in [2.05, 4.69) is 43.4 Å². The Morgan fingerprint density at radius 3 is 2.66 bits per heavy atom. The van der Waals surface area contributed by atoms with Crippen LogP contribution in [0.3, 0.4) is 0 Å². The highest BCUT2D eigenvalue weighted by Crippen LogP contribution is 2.31. The summed E-state index contributed by atoms with van der Waals surface area (Å²) in [5, 5.41) is 4.14. The number of aromatic nitrogens is 2. The van der Waals surface area contributed by atoms with Crippen LogP contribution in [0.2, 0.25) is 5.02 Å². The molecule has 6 nitrogen and oxygen atoms in total. The monoisotopic (exact) mass is 406 g/mol. The third-order valence-corrected chi connectivity index (χ3v) is 5.05. The van der Waals surface area contributed by atoms with Gasteiger partial charge in [0, 0.05) is 36.4 Å². The molecule has 0 atom stereocenters. The molecule has 1 aliphatic rings. The number of nitrogens with one attached hydrogen (secondary N) is 1. The highest BCUT2D eigenvalue weighted by molar-refractivity contribution is 6.30. The first-order valence-corrected chi connectivity index (χ1v) is 10.0. The van der Waals surface area contributed by atoms with Crippen molar-refractivity contribution in [2.75, 3.05) is 37.2 Å². The fourth-order valence-electron chi connectivity index (χ4n) is 3.35. The lowest BCUT2D eigenvalue weighted by Gasteiger charge is -2.15. The van der Waals surface area contributed by atoms with Gasteiger partial charge in [-0.2, -0.15) is 4.98 Å². The lowest BCUT2D eigenvalue weighted by atomic mass is 10.00. The first kappa shape index (κ1) is 19.2. The first-order valence-electron chi connectivity index (χ1n) is 9.66. The van der Waals surface area contributed by atoms with E-state index in [-0.39, 0.29) is 5.95 Å². The molecule has 3 N–H and O–H groups in total. The minimum Gasteiger partial charge on any atom is -0.369 e. The molecular formula is C22H23ClN6. The zero-order valence-electron chi connectivity index (χ0n) is 16.1. The average Bonchev–Trinajstić information content (AvgIpc) is 3.25. The molecule has 0 aliphatic carbocycles. The number of hydrogen-bond acceptors (Lipinski definition) is 6. The van der Waals surface area contributed by atoms with E-state index in [9.17, 15) is 0 Å². The largest absolute Gasteiger partial charge is 0.369 e. The Hall–Kier alpha value is -3.12. The third-order valence-electron chi connectivity index (χ3n) is 4.81. The minimum absolute atomic E-state index is 0.258. The summed E-state index contributed by atoms with van der Waals surface area (Å²) in [5.41, 5.74) is 9.94. The summed E-state index contributed by atoms with van der Waals surface area (Å²) < 4.78 is 0. The van der Waals surface area contributed by atoms with Gasteiger partial charge in [0.1, 0.15) is 5.82 Å². The number of nitrogen functional groups attached to an aromatic ring is 1. The second-order valence-corrected chi connectivity index (χ2v) is 7.36. The molecule has 2 aromatic carbocycles. The van der Waals surface area contributed by atoms with Gasteiger partial charge in [-0.1, -0.05) is 41.9 Å². The minimum atomic E-state index is 0.258. The normalized spacial score (nSPS) is 13.1. The average molecular weight is 407 g/mol. The highest BCUT2D eigenvalue weighted by Gasteiger charge is 2.11. The lowest BCUT2D eigenvalue weighted by molar-refractivity contribution is 0.461. The van der Waals surface area contributed by atoms with Crippen molar-refractivity contribution in [3.05, 3.63) is 59.8 Å². The maximum Gasteiger partial charge on any atom is 0.221 e. The molecule has 0 bridgehead atoms. The van der Waals surface area contributed by atoms with E-state index >= 15 is 0 Å². The van der Waals surface area contributed by atoms with Crippen molar-refractivity contribution in [2.24, 2.45) is 4.99 Å². The Balaban J connectivity index is 1.53. The molecule has 1 aliphatic heterocycles. The van der Waals surface area contributed by atoms with Crippen LogP contribution >= 0.6 is 11.6 Å². The number of aliphatic imine (C=N–C) groups is 1. The Labute approximate surface area is 175 Å². The summed E-state index contributed by atoms with van der Waals surface area (Å²) in [6.07, 6.45) is 4.68. The van der Waals surface area contributed by atoms with Crippen molar-refractivity contribution in [1.82, 2.24) is 14.9 Å². The molecular weight excluding hydrogens is 384 g/mol. The van der Waals surface area contributed by atoms with Gasteiger partial charge in [0.15, 0.2) is 0 Å². The zero-order chi connectivity index (χ0) is 20.1. The number of halogens is 1. The molecule has 7 heteroatoms. The molecule has 2 heterocycles. The molecule has 0 fully saturated rings. The van der Waals surface area contributed by atoms with Crippen molar-refractivity contribution in [3.8, 4) is 22.3 Å². The molecule has 148 valence electrons. The number of rotatable bonds is 7. The SMILES string of the molecule is Nc1ncc(-c2cccc(-c3cccc(Cl)c3)c2)c(NCCCN2C=NCC2)n1. The highest BCUT2D eigenvalue weighted by atomic mass is 35.5. The molecule has 0 unspecified atom stereocenters. The van der Waals surface area contributed by atoms with E-state index in [1.54, 1.807) is 6.20 Å². The first-order chi connectivity index (χ1) is 14.2. The van der Waals surface area contributed by atoms with Gasteiger partial charge in [0.2, 0.25) is 5.95 Å². The van der Waals surface area contributed by atoms with Gasteiger partial charge in [-0.05, 0) is 41.3 Å². The Morgan fingerprint density at radius 2 is 1.86 bits per heavy atom. The summed E-state index contributed by atoms with van der Waals surface area (Å²) in [7, 11) is 0. The van der Waals surface area contributed by atoms with Crippen molar-refractivity contribution < 1.29 is 0 Å². The topological polar surface area (TPSA) is 79.4 Å². The predicted molar refractivity (Wildman–Crippen MR) is 120 cm³/mol. The van der Waals surface area contributed by atoms with Gasteiger partial charge in [-0.15, -0.1) is 0 Å². The summed E-state index contributed by atoms with van der Waals surface area (Å²) >= 11 is 6.16. The second-order valence-electron chi connectivity index (χ2n) is 6.92. The summed E-state index contributed by atoms with van der Waals surface area (Å²) in [6, 6.07) is 16.1. The molecule has 0 radical (unpaired) electrons. The fourth-order valence-corrected chi connectivity index (χ4v) is 3.54. The molecule has 0 amide bonds. The van der Waals surface area contributed by atoms with Crippen LogP contribution in [0.1, 0.15) is 6.42 Å². The van der Waals surface area contributed by atoms with Crippen LogP contribution in [-0.2, 0) is 0 Å². The second kappa shape index (κ2) is 8.92. The Bertz CT molecular complexity index is 1020. The van der Waals surface area contributed by atoms with E-state index in [0.717, 1.165) is 60.7 Å². The summed E-state index contributed by atoms with van der Waals surface area (Å²) in [5.74, 6) is 1.00. The maximum absolute atomic E-state index is 6.16. The number of anilines is 2. The van der Waals surface area contributed by atoms with Crippen molar-refractivity contribution in [1.29, 1.82) is 0 Å². The quantitative estimate of drug-likeness (QED) is 0.575. The number of hydrogen-bond donors (Lipinski definition) is 2. The number of nitrogens with zero attached hydrogens (tertiary/aromatic N) is 4. The van der Waals surface area contributed by atoms with E-state index in [1.165, 1.54) is 0 Å².